The van der Waals surface area contributed by atoms with Crippen LogP contribution in [0.4, 0.5) is 4.79 Å². The van der Waals surface area contributed by atoms with Gasteiger partial charge in [-0.3, -0.25) is 4.79 Å². The number of carbonyl (C=O) groups excluding carboxylic acids is 2. The van der Waals surface area contributed by atoms with E-state index in [0.29, 0.717) is 19.5 Å². The molecule has 174 valence electrons. The summed E-state index contributed by atoms with van der Waals surface area (Å²) in [6.07, 6.45) is 0.127. The Bertz CT molecular complexity index is 1030. The Morgan fingerprint density at radius 3 is 2.18 bits per heavy atom. The Balaban J connectivity index is 1.29. The minimum absolute atomic E-state index is 0.00312. The van der Waals surface area contributed by atoms with E-state index in [1.807, 2.05) is 24.3 Å². The monoisotopic (exact) mass is 450 g/mol. The van der Waals surface area contributed by atoms with Crippen LogP contribution < -0.4 is 5.32 Å². The van der Waals surface area contributed by atoms with Crippen molar-refractivity contribution in [2.24, 2.45) is 11.8 Å². The Kier molecular flexibility index (Phi) is 6.15. The first-order valence-electron chi connectivity index (χ1n) is 11.4. The van der Waals surface area contributed by atoms with E-state index in [-0.39, 0.29) is 30.3 Å². The van der Waals surface area contributed by atoms with E-state index in [0.717, 1.165) is 11.1 Å². The van der Waals surface area contributed by atoms with Gasteiger partial charge < -0.3 is 20.1 Å². The first kappa shape index (κ1) is 22.8. The van der Waals surface area contributed by atoms with Crippen molar-refractivity contribution in [3.05, 3.63) is 59.7 Å². The Morgan fingerprint density at radius 1 is 1.06 bits per heavy atom. The van der Waals surface area contributed by atoms with Gasteiger partial charge in [0.15, 0.2) is 0 Å². The third kappa shape index (κ3) is 4.32. The van der Waals surface area contributed by atoms with Gasteiger partial charge in [0.2, 0.25) is 5.91 Å². The van der Waals surface area contributed by atoms with E-state index in [1.54, 1.807) is 6.92 Å². The molecule has 0 unspecified atom stereocenters. The van der Waals surface area contributed by atoms with E-state index >= 15 is 0 Å². The Labute approximate surface area is 193 Å². The van der Waals surface area contributed by atoms with Gasteiger partial charge >= 0.3 is 12.1 Å². The van der Waals surface area contributed by atoms with Crippen LogP contribution in [0.3, 0.4) is 0 Å². The van der Waals surface area contributed by atoms with Crippen LogP contribution in [0, 0.1) is 11.8 Å². The average molecular weight is 451 g/mol. The van der Waals surface area contributed by atoms with Crippen molar-refractivity contribution in [2.45, 2.75) is 38.6 Å². The van der Waals surface area contributed by atoms with Crippen LogP contribution in [0.25, 0.3) is 11.1 Å². The summed E-state index contributed by atoms with van der Waals surface area (Å²) in [5.41, 5.74) is 3.39. The molecule has 2 aliphatic rings. The predicted molar refractivity (Wildman–Crippen MR) is 124 cm³/mol. The normalized spacial score (nSPS) is 18.8. The second-order valence-corrected chi connectivity index (χ2v) is 9.26. The standard InChI is InChI=1S/C26H30N2O5/c1-4-28(26(2,3)24(30)31)23(29)21-13-16(21)14-27-25(32)33-15-22-19-11-7-5-9-17(19)18-10-6-8-12-20(18)22/h5-12,16,21-22H,4,13-15H2,1-3H3,(H,27,32)(H,30,31)/t16-,21-/m1/s1. The Morgan fingerprint density at radius 2 is 1.64 bits per heavy atom. The largest absolute Gasteiger partial charge is 0.480 e. The van der Waals surface area contributed by atoms with Crippen molar-refractivity contribution >= 4 is 18.0 Å². The molecule has 33 heavy (non-hydrogen) atoms. The van der Waals surface area contributed by atoms with E-state index in [9.17, 15) is 19.5 Å². The lowest BCUT2D eigenvalue weighted by molar-refractivity contribution is -0.157. The molecule has 0 saturated heterocycles. The van der Waals surface area contributed by atoms with Crippen molar-refractivity contribution in [1.82, 2.24) is 10.2 Å². The summed E-state index contributed by atoms with van der Waals surface area (Å²) in [5.74, 6) is -1.49. The van der Waals surface area contributed by atoms with Gasteiger partial charge in [-0.25, -0.2) is 9.59 Å². The summed E-state index contributed by atoms with van der Waals surface area (Å²) in [6, 6.07) is 16.3. The first-order chi connectivity index (χ1) is 15.8. The minimum atomic E-state index is -1.26. The van der Waals surface area contributed by atoms with Crippen molar-refractivity contribution < 1.29 is 24.2 Å². The highest BCUT2D eigenvalue weighted by molar-refractivity contribution is 5.89. The van der Waals surface area contributed by atoms with Crippen LogP contribution in [-0.4, -0.2) is 53.2 Å². The quantitative estimate of drug-likeness (QED) is 0.637. The molecule has 4 rings (SSSR count). The molecule has 2 N–H and O–H groups in total. The molecule has 2 aromatic carbocycles. The maximum Gasteiger partial charge on any atom is 0.407 e. The number of aliphatic carboxylic acids is 1. The molecule has 2 aromatic rings. The molecule has 1 fully saturated rings. The lowest BCUT2D eigenvalue weighted by Gasteiger charge is -2.34. The van der Waals surface area contributed by atoms with Gasteiger partial charge in [0.1, 0.15) is 12.1 Å². The third-order valence-corrected chi connectivity index (χ3v) is 6.87. The smallest absolute Gasteiger partial charge is 0.407 e. The summed E-state index contributed by atoms with van der Waals surface area (Å²) in [6.45, 7) is 5.73. The fraction of sp³-hybridized carbons (Fsp3) is 0.423. The molecular formula is C26H30N2O5. The number of carbonyl (C=O) groups is 3. The number of fused-ring (bicyclic) bond motifs is 3. The fourth-order valence-electron chi connectivity index (χ4n) is 4.78. The number of carboxylic acid groups (broad SMARTS) is 1. The molecule has 2 amide bonds. The highest BCUT2D eigenvalue weighted by atomic mass is 16.5. The number of hydrogen-bond acceptors (Lipinski definition) is 4. The molecular weight excluding hydrogens is 420 g/mol. The second-order valence-electron chi connectivity index (χ2n) is 9.26. The number of nitrogens with zero attached hydrogens (tertiary/aromatic N) is 1. The number of rotatable bonds is 8. The molecule has 0 aromatic heterocycles. The topological polar surface area (TPSA) is 95.9 Å². The molecule has 0 aliphatic heterocycles. The molecule has 2 aliphatic carbocycles. The van der Waals surface area contributed by atoms with E-state index < -0.39 is 17.6 Å². The maximum absolute atomic E-state index is 12.8. The van der Waals surface area contributed by atoms with Gasteiger partial charge in [0.05, 0.1) is 0 Å². The minimum Gasteiger partial charge on any atom is -0.480 e. The molecule has 0 spiro atoms. The number of alkyl carbamates (subject to hydrolysis) is 1. The number of benzene rings is 2. The maximum atomic E-state index is 12.8. The average Bonchev–Trinajstić information content (AvgIpc) is 3.51. The van der Waals surface area contributed by atoms with Gasteiger partial charge in [-0.2, -0.15) is 0 Å². The summed E-state index contributed by atoms with van der Waals surface area (Å²) in [5, 5.41) is 12.2. The molecule has 2 atom stereocenters. The first-order valence-corrected chi connectivity index (χ1v) is 11.4. The predicted octanol–water partition coefficient (Wildman–Crippen LogP) is 3.87. The van der Waals surface area contributed by atoms with Gasteiger partial charge in [0.25, 0.3) is 0 Å². The highest BCUT2D eigenvalue weighted by Crippen LogP contribution is 2.44. The van der Waals surface area contributed by atoms with E-state index in [1.165, 1.54) is 29.9 Å². The molecule has 7 nitrogen and oxygen atoms in total. The second kappa shape index (κ2) is 8.89. The van der Waals surface area contributed by atoms with Crippen LogP contribution in [0.2, 0.25) is 0 Å². The lowest BCUT2D eigenvalue weighted by Crippen LogP contribution is -2.53. The molecule has 0 radical (unpaired) electrons. The van der Waals surface area contributed by atoms with Crippen molar-refractivity contribution in [3.63, 3.8) is 0 Å². The summed E-state index contributed by atoms with van der Waals surface area (Å²) in [4.78, 5) is 38.1. The number of likely N-dealkylation sites (N-methyl/N-ethyl adjacent to an activating group) is 1. The number of amides is 2. The van der Waals surface area contributed by atoms with Crippen LogP contribution in [-0.2, 0) is 14.3 Å². The van der Waals surface area contributed by atoms with Gasteiger partial charge in [-0.1, -0.05) is 48.5 Å². The van der Waals surface area contributed by atoms with Crippen LogP contribution in [0.1, 0.15) is 44.2 Å². The van der Waals surface area contributed by atoms with Gasteiger partial charge in [-0.15, -0.1) is 0 Å². The van der Waals surface area contributed by atoms with E-state index in [4.69, 9.17) is 4.74 Å². The lowest BCUT2D eigenvalue weighted by atomic mass is 9.98. The highest BCUT2D eigenvalue weighted by Gasteiger charge is 2.48. The number of ether oxygens (including phenoxy) is 1. The zero-order valence-corrected chi connectivity index (χ0v) is 19.2. The summed E-state index contributed by atoms with van der Waals surface area (Å²) >= 11 is 0. The zero-order valence-electron chi connectivity index (χ0n) is 19.2. The van der Waals surface area contributed by atoms with Gasteiger partial charge in [-0.05, 0) is 55.4 Å². The summed E-state index contributed by atoms with van der Waals surface area (Å²) in [7, 11) is 0. The molecule has 1 saturated carbocycles. The molecule has 0 heterocycles. The van der Waals surface area contributed by atoms with Gasteiger partial charge in [0, 0.05) is 24.9 Å². The van der Waals surface area contributed by atoms with E-state index in [2.05, 4.69) is 29.6 Å². The number of carboxylic acids is 1. The van der Waals surface area contributed by atoms with Crippen LogP contribution in [0.5, 0.6) is 0 Å². The summed E-state index contributed by atoms with van der Waals surface area (Å²) < 4.78 is 5.54. The zero-order chi connectivity index (χ0) is 23.8. The van der Waals surface area contributed by atoms with Crippen LogP contribution in [0.15, 0.2) is 48.5 Å². The fourth-order valence-corrected chi connectivity index (χ4v) is 4.78. The molecule has 7 heteroatoms. The van der Waals surface area contributed by atoms with Crippen LogP contribution >= 0.6 is 0 Å². The Hall–Kier alpha value is -3.35. The number of hydrogen-bond donors (Lipinski definition) is 2. The molecule has 0 bridgehead atoms. The third-order valence-electron chi connectivity index (χ3n) is 6.87. The van der Waals surface area contributed by atoms with Crippen molar-refractivity contribution in [2.75, 3.05) is 19.7 Å². The SMILES string of the molecule is CCN(C(=O)[C@@H]1C[C@@H]1CNC(=O)OCC1c2ccccc2-c2ccccc21)C(C)(C)C(=O)O. The van der Waals surface area contributed by atoms with Crippen molar-refractivity contribution in [1.29, 1.82) is 0 Å². The van der Waals surface area contributed by atoms with Crippen molar-refractivity contribution in [3.8, 4) is 11.1 Å². The number of nitrogens with one attached hydrogen (secondary N) is 1.